The van der Waals surface area contributed by atoms with E-state index in [9.17, 15) is 9.59 Å². The van der Waals surface area contributed by atoms with Gasteiger partial charge in [0.2, 0.25) is 5.88 Å². The Labute approximate surface area is 145 Å². The van der Waals surface area contributed by atoms with E-state index in [1.165, 1.54) is 6.07 Å². The minimum atomic E-state index is -0.117. The number of nitriles is 1. The van der Waals surface area contributed by atoms with Gasteiger partial charge in [0.25, 0.3) is 5.91 Å². The van der Waals surface area contributed by atoms with Crippen molar-refractivity contribution in [3.63, 3.8) is 0 Å². The molecule has 25 heavy (non-hydrogen) atoms. The average Bonchev–Trinajstić information content (AvgIpc) is 2.63. The summed E-state index contributed by atoms with van der Waals surface area (Å²) in [5.41, 5.74) is 11.8. The lowest BCUT2D eigenvalue weighted by molar-refractivity contribution is 0.0937. The molecule has 8 heteroatoms. The lowest BCUT2D eigenvalue weighted by Gasteiger charge is -2.06. The molecule has 0 aliphatic heterocycles. The van der Waals surface area contributed by atoms with Crippen molar-refractivity contribution < 1.29 is 14.3 Å². The number of hydrazine groups is 1. The SMILES string of the molecule is CCOc1nc(C=O)cc(N)c1C#N.CNNC(=O)c1ccccc1. The van der Waals surface area contributed by atoms with Gasteiger partial charge in [0.15, 0.2) is 6.29 Å². The fourth-order valence-electron chi connectivity index (χ4n) is 1.75. The van der Waals surface area contributed by atoms with Crippen molar-refractivity contribution in [2.24, 2.45) is 0 Å². The number of ether oxygens (including phenoxy) is 1. The van der Waals surface area contributed by atoms with E-state index in [2.05, 4.69) is 15.8 Å². The molecule has 4 N–H and O–H groups in total. The van der Waals surface area contributed by atoms with Crippen molar-refractivity contribution >= 4 is 17.9 Å². The summed E-state index contributed by atoms with van der Waals surface area (Å²) >= 11 is 0. The first-order chi connectivity index (χ1) is 12.1. The number of rotatable bonds is 5. The maximum absolute atomic E-state index is 11.1. The molecule has 1 aromatic carbocycles. The van der Waals surface area contributed by atoms with E-state index in [0.29, 0.717) is 18.5 Å². The number of nitrogens with two attached hydrogens (primary N) is 1. The van der Waals surface area contributed by atoms with Crippen LogP contribution in [-0.2, 0) is 0 Å². The minimum Gasteiger partial charge on any atom is -0.477 e. The molecule has 0 fully saturated rings. The molecular formula is C17H19N5O3. The van der Waals surface area contributed by atoms with Crippen molar-refractivity contribution in [2.75, 3.05) is 19.4 Å². The third-order valence-electron chi connectivity index (χ3n) is 2.82. The van der Waals surface area contributed by atoms with Crippen LogP contribution in [0.15, 0.2) is 36.4 Å². The fraction of sp³-hybridized carbons (Fsp3) is 0.176. The summed E-state index contributed by atoms with van der Waals surface area (Å²) in [5.74, 6) is -0.00907. The van der Waals surface area contributed by atoms with Gasteiger partial charge in [-0.15, -0.1) is 0 Å². The van der Waals surface area contributed by atoms with Gasteiger partial charge in [0.05, 0.1) is 12.3 Å². The van der Waals surface area contributed by atoms with E-state index in [-0.39, 0.29) is 28.7 Å². The normalized spacial score (nSPS) is 9.16. The number of carbonyl (C=O) groups is 2. The average molecular weight is 341 g/mol. The first-order valence-corrected chi connectivity index (χ1v) is 7.38. The molecule has 0 saturated heterocycles. The van der Waals surface area contributed by atoms with Crippen LogP contribution in [0.3, 0.4) is 0 Å². The zero-order chi connectivity index (χ0) is 18.7. The highest BCUT2D eigenvalue weighted by Crippen LogP contribution is 2.21. The third-order valence-corrected chi connectivity index (χ3v) is 2.82. The quantitative estimate of drug-likeness (QED) is 0.552. The van der Waals surface area contributed by atoms with Crippen LogP contribution in [0, 0.1) is 11.3 Å². The van der Waals surface area contributed by atoms with Crippen LogP contribution < -0.4 is 21.3 Å². The van der Waals surface area contributed by atoms with Gasteiger partial charge in [0, 0.05) is 12.6 Å². The number of aromatic nitrogens is 1. The molecule has 130 valence electrons. The topological polar surface area (TPSA) is 130 Å². The smallest absolute Gasteiger partial charge is 0.265 e. The lowest BCUT2D eigenvalue weighted by atomic mass is 10.2. The number of benzene rings is 1. The van der Waals surface area contributed by atoms with Gasteiger partial charge in [-0.2, -0.15) is 5.26 Å². The van der Waals surface area contributed by atoms with Crippen molar-refractivity contribution in [3.05, 3.63) is 53.2 Å². The number of hydrogen-bond donors (Lipinski definition) is 3. The van der Waals surface area contributed by atoms with E-state index < -0.39 is 0 Å². The van der Waals surface area contributed by atoms with E-state index >= 15 is 0 Å². The van der Waals surface area contributed by atoms with Crippen LogP contribution in [-0.4, -0.2) is 30.8 Å². The van der Waals surface area contributed by atoms with Crippen LogP contribution in [0.25, 0.3) is 0 Å². The molecule has 8 nitrogen and oxygen atoms in total. The summed E-state index contributed by atoms with van der Waals surface area (Å²) in [5, 5.41) is 8.75. The van der Waals surface area contributed by atoms with Crippen molar-refractivity contribution in [1.82, 2.24) is 15.8 Å². The Hall–Kier alpha value is -3.44. The summed E-state index contributed by atoms with van der Waals surface area (Å²) in [4.78, 5) is 25.3. The van der Waals surface area contributed by atoms with Gasteiger partial charge in [-0.25, -0.2) is 10.4 Å². The number of pyridine rings is 1. The zero-order valence-corrected chi connectivity index (χ0v) is 13.9. The molecule has 2 rings (SSSR count). The first kappa shape index (κ1) is 19.6. The van der Waals surface area contributed by atoms with E-state index in [1.807, 2.05) is 24.3 Å². The molecule has 0 spiro atoms. The highest BCUT2D eigenvalue weighted by atomic mass is 16.5. The number of nitrogens with zero attached hydrogens (tertiary/aromatic N) is 2. The van der Waals surface area contributed by atoms with Crippen LogP contribution in [0.1, 0.15) is 33.3 Å². The largest absolute Gasteiger partial charge is 0.477 e. The van der Waals surface area contributed by atoms with Crippen LogP contribution in [0.2, 0.25) is 0 Å². The number of carbonyl (C=O) groups excluding carboxylic acids is 2. The number of amides is 1. The summed E-state index contributed by atoms with van der Waals surface area (Å²) in [6.07, 6.45) is 0.556. The zero-order valence-electron chi connectivity index (χ0n) is 13.9. The number of aldehydes is 1. The first-order valence-electron chi connectivity index (χ1n) is 7.38. The Balaban J connectivity index is 0.000000257. The van der Waals surface area contributed by atoms with Crippen LogP contribution in [0.4, 0.5) is 5.69 Å². The predicted molar refractivity (Wildman–Crippen MR) is 92.9 cm³/mol. The van der Waals surface area contributed by atoms with Crippen molar-refractivity contribution in [3.8, 4) is 11.9 Å². The van der Waals surface area contributed by atoms with Crippen molar-refractivity contribution in [2.45, 2.75) is 6.92 Å². The molecule has 0 saturated carbocycles. The third kappa shape index (κ3) is 5.93. The molecule has 0 bridgehead atoms. The number of anilines is 1. The molecule has 1 heterocycles. The minimum absolute atomic E-state index is 0.108. The Bertz CT molecular complexity index is 757. The highest BCUT2D eigenvalue weighted by molar-refractivity contribution is 5.93. The van der Waals surface area contributed by atoms with Gasteiger partial charge < -0.3 is 10.5 Å². The number of nitrogens with one attached hydrogen (secondary N) is 2. The van der Waals surface area contributed by atoms with Crippen molar-refractivity contribution in [1.29, 1.82) is 5.26 Å². The Kier molecular flexibility index (Phi) is 8.12. The second kappa shape index (κ2) is 10.4. The van der Waals surface area contributed by atoms with Crippen LogP contribution in [0.5, 0.6) is 5.88 Å². The van der Waals surface area contributed by atoms with E-state index in [0.717, 1.165) is 0 Å². The van der Waals surface area contributed by atoms with E-state index in [4.69, 9.17) is 15.7 Å². The number of nitrogen functional groups attached to an aromatic ring is 1. The van der Waals surface area contributed by atoms with Crippen LogP contribution >= 0.6 is 0 Å². The maximum atomic E-state index is 11.1. The highest BCUT2D eigenvalue weighted by Gasteiger charge is 2.10. The molecule has 1 aromatic heterocycles. The molecular weight excluding hydrogens is 322 g/mol. The molecule has 2 aromatic rings. The van der Waals surface area contributed by atoms with Gasteiger partial charge in [-0.3, -0.25) is 15.0 Å². The number of hydrogen-bond acceptors (Lipinski definition) is 7. The van der Waals surface area contributed by atoms with Gasteiger partial charge in [-0.05, 0) is 25.1 Å². The Morgan fingerprint density at radius 3 is 2.60 bits per heavy atom. The summed E-state index contributed by atoms with van der Waals surface area (Å²) in [6.45, 7) is 2.12. The van der Waals surface area contributed by atoms with Gasteiger partial charge >= 0.3 is 0 Å². The standard InChI is InChI=1S/C9H9N3O2.C8H10N2O/c1-2-14-9-7(4-10)8(11)3-6(5-13)12-9;1-9-10-8(11)7-5-3-2-4-6-7/h3,5H,2H2,1H3,(H2,11,12);2-6,9H,1H3,(H,10,11). The molecule has 0 aliphatic rings. The molecule has 1 amide bonds. The Morgan fingerprint density at radius 1 is 1.40 bits per heavy atom. The van der Waals surface area contributed by atoms with E-state index in [1.54, 1.807) is 26.1 Å². The fourth-order valence-corrected chi connectivity index (χ4v) is 1.75. The second-order valence-corrected chi connectivity index (χ2v) is 4.55. The Morgan fingerprint density at radius 2 is 2.08 bits per heavy atom. The summed E-state index contributed by atoms with van der Waals surface area (Å²) in [7, 11) is 1.65. The second-order valence-electron chi connectivity index (χ2n) is 4.55. The molecule has 0 unspecified atom stereocenters. The molecule has 0 aliphatic carbocycles. The monoisotopic (exact) mass is 341 g/mol. The predicted octanol–water partition coefficient (Wildman–Crippen LogP) is 1.30. The molecule has 0 atom stereocenters. The summed E-state index contributed by atoms with van der Waals surface area (Å²) in [6, 6.07) is 12.2. The molecule has 0 radical (unpaired) electrons. The lowest BCUT2D eigenvalue weighted by Crippen LogP contribution is -2.33. The summed E-state index contributed by atoms with van der Waals surface area (Å²) < 4.78 is 5.08. The van der Waals surface area contributed by atoms with Gasteiger partial charge in [0.1, 0.15) is 17.3 Å². The maximum Gasteiger partial charge on any atom is 0.265 e. The van der Waals surface area contributed by atoms with Gasteiger partial charge in [-0.1, -0.05) is 18.2 Å².